The molecule has 0 N–H and O–H groups in total. The number of ether oxygens (including phenoxy) is 1. The first kappa shape index (κ1) is 7.83. The molecule has 0 aromatic rings. The highest BCUT2D eigenvalue weighted by Gasteiger charge is 2.02. The molecule has 0 fully saturated rings. The molecule has 1 rings (SSSR count). The van der Waals surface area contributed by atoms with E-state index in [4.69, 9.17) is 16.3 Å². The molecule has 0 saturated carbocycles. The summed E-state index contributed by atoms with van der Waals surface area (Å²) in [6, 6.07) is 0. The number of hydrogen-bond acceptors (Lipinski definition) is 1. The van der Waals surface area contributed by atoms with E-state index in [9.17, 15) is 0 Å². The monoisotopic (exact) mass is 158 g/mol. The summed E-state index contributed by atoms with van der Waals surface area (Å²) in [5.41, 5.74) is 0. The fraction of sp³-hybridized carbons (Fsp3) is 0.500. The van der Waals surface area contributed by atoms with Crippen molar-refractivity contribution in [2.45, 2.75) is 12.5 Å². The van der Waals surface area contributed by atoms with E-state index in [0.717, 1.165) is 6.42 Å². The van der Waals surface area contributed by atoms with Crippen molar-refractivity contribution in [3.8, 4) is 0 Å². The van der Waals surface area contributed by atoms with E-state index in [-0.39, 0.29) is 6.10 Å². The highest BCUT2D eigenvalue weighted by molar-refractivity contribution is 6.17. The minimum atomic E-state index is 0.253. The Hall–Kier alpha value is -0.270. The summed E-state index contributed by atoms with van der Waals surface area (Å²) in [6.45, 7) is 0.643. The third-order valence-electron chi connectivity index (χ3n) is 1.35. The molecule has 1 nitrogen and oxygen atoms in total. The van der Waals surface area contributed by atoms with Crippen LogP contribution in [0.4, 0.5) is 0 Å². The summed E-state index contributed by atoms with van der Waals surface area (Å²) >= 11 is 5.45. The minimum absolute atomic E-state index is 0.253. The second-order valence-electron chi connectivity index (χ2n) is 2.15. The van der Waals surface area contributed by atoms with Gasteiger partial charge in [0.2, 0.25) is 0 Å². The molecule has 0 aromatic heterocycles. The van der Waals surface area contributed by atoms with E-state index in [2.05, 4.69) is 6.08 Å². The lowest BCUT2D eigenvalue weighted by atomic mass is 10.1. The Morgan fingerprint density at radius 3 is 3.00 bits per heavy atom. The van der Waals surface area contributed by atoms with Crippen LogP contribution in [0.2, 0.25) is 0 Å². The molecule has 0 aliphatic heterocycles. The molecule has 0 saturated heterocycles. The third-order valence-corrected chi connectivity index (χ3v) is 1.50. The van der Waals surface area contributed by atoms with Gasteiger partial charge in [-0.05, 0) is 6.42 Å². The second-order valence-corrected chi connectivity index (χ2v) is 2.52. The molecule has 0 radical (unpaired) electrons. The van der Waals surface area contributed by atoms with Crippen LogP contribution in [0.5, 0.6) is 0 Å². The van der Waals surface area contributed by atoms with E-state index in [0.29, 0.717) is 12.5 Å². The first-order chi connectivity index (χ1) is 4.93. The highest BCUT2D eigenvalue weighted by atomic mass is 35.5. The zero-order valence-electron chi connectivity index (χ0n) is 5.79. The smallest absolute Gasteiger partial charge is 0.0793 e. The van der Waals surface area contributed by atoms with E-state index >= 15 is 0 Å². The van der Waals surface area contributed by atoms with Gasteiger partial charge in [0.1, 0.15) is 0 Å². The summed E-state index contributed by atoms with van der Waals surface area (Å²) in [5, 5.41) is 0. The van der Waals surface area contributed by atoms with Crippen molar-refractivity contribution >= 4 is 11.6 Å². The van der Waals surface area contributed by atoms with Crippen molar-refractivity contribution < 1.29 is 4.74 Å². The average molecular weight is 159 g/mol. The number of halogens is 1. The van der Waals surface area contributed by atoms with Crippen LogP contribution in [0.25, 0.3) is 0 Å². The Labute approximate surface area is 66.3 Å². The topological polar surface area (TPSA) is 9.23 Å². The fourth-order valence-electron chi connectivity index (χ4n) is 0.877. The molecule has 10 heavy (non-hydrogen) atoms. The molecule has 0 heterocycles. The maximum Gasteiger partial charge on any atom is 0.0793 e. The van der Waals surface area contributed by atoms with Crippen LogP contribution >= 0.6 is 11.6 Å². The zero-order valence-corrected chi connectivity index (χ0v) is 6.55. The summed E-state index contributed by atoms with van der Waals surface area (Å²) < 4.78 is 5.36. The van der Waals surface area contributed by atoms with Gasteiger partial charge < -0.3 is 4.74 Å². The molecule has 0 bridgehead atoms. The summed E-state index contributed by atoms with van der Waals surface area (Å²) in [7, 11) is 0. The lowest BCUT2D eigenvalue weighted by Crippen LogP contribution is -2.11. The van der Waals surface area contributed by atoms with Crippen LogP contribution < -0.4 is 0 Å². The van der Waals surface area contributed by atoms with Crippen molar-refractivity contribution in [2.24, 2.45) is 0 Å². The van der Waals surface area contributed by atoms with Crippen LogP contribution in [0, 0.1) is 0 Å². The fourth-order valence-corrected chi connectivity index (χ4v) is 0.967. The van der Waals surface area contributed by atoms with E-state index in [1.165, 1.54) is 0 Å². The largest absolute Gasteiger partial charge is 0.373 e. The number of hydrogen-bond donors (Lipinski definition) is 0. The summed E-state index contributed by atoms with van der Waals surface area (Å²) in [5.74, 6) is 0.577. The Kier molecular flexibility index (Phi) is 3.55. The Morgan fingerprint density at radius 1 is 1.50 bits per heavy atom. The van der Waals surface area contributed by atoms with Gasteiger partial charge in [-0.2, -0.15) is 0 Å². The van der Waals surface area contributed by atoms with Gasteiger partial charge in [0.15, 0.2) is 0 Å². The van der Waals surface area contributed by atoms with Crippen LogP contribution in [-0.2, 0) is 4.74 Å². The molecule has 1 unspecified atom stereocenters. The maximum absolute atomic E-state index is 5.45. The predicted molar refractivity (Wildman–Crippen MR) is 43.4 cm³/mol. The molecule has 1 aliphatic carbocycles. The SMILES string of the molecule is ClCCOC1C=CC=CC1. The first-order valence-corrected chi connectivity index (χ1v) is 3.98. The summed E-state index contributed by atoms with van der Waals surface area (Å²) in [6.07, 6.45) is 9.41. The quantitative estimate of drug-likeness (QED) is 0.572. The lowest BCUT2D eigenvalue weighted by molar-refractivity contribution is 0.0993. The Morgan fingerprint density at radius 2 is 2.40 bits per heavy atom. The van der Waals surface area contributed by atoms with Crippen LogP contribution in [0.3, 0.4) is 0 Å². The van der Waals surface area contributed by atoms with Crippen molar-refractivity contribution in [3.63, 3.8) is 0 Å². The van der Waals surface area contributed by atoms with E-state index < -0.39 is 0 Å². The van der Waals surface area contributed by atoms with E-state index in [1.807, 2.05) is 18.2 Å². The number of allylic oxidation sites excluding steroid dienone is 2. The minimum Gasteiger partial charge on any atom is -0.373 e. The van der Waals surface area contributed by atoms with Gasteiger partial charge in [-0.15, -0.1) is 11.6 Å². The predicted octanol–water partition coefficient (Wildman–Crippen LogP) is 2.13. The Balaban J connectivity index is 2.17. The molecule has 1 aliphatic rings. The summed E-state index contributed by atoms with van der Waals surface area (Å²) in [4.78, 5) is 0. The third kappa shape index (κ3) is 2.54. The van der Waals surface area contributed by atoms with Gasteiger partial charge in [-0.3, -0.25) is 0 Å². The van der Waals surface area contributed by atoms with Gasteiger partial charge in [-0.1, -0.05) is 24.3 Å². The van der Waals surface area contributed by atoms with Gasteiger partial charge in [0, 0.05) is 5.88 Å². The first-order valence-electron chi connectivity index (χ1n) is 3.44. The van der Waals surface area contributed by atoms with Gasteiger partial charge in [0.05, 0.1) is 12.7 Å². The standard InChI is InChI=1S/C8H11ClO/c9-6-7-10-8-4-2-1-3-5-8/h1-4,8H,5-7H2. The molecule has 1 atom stereocenters. The maximum atomic E-state index is 5.45. The molecule has 0 aromatic carbocycles. The molecule has 56 valence electrons. The molecule has 0 amide bonds. The van der Waals surface area contributed by atoms with Gasteiger partial charge in [0.25, 0.3) is 0 Å². The number of rotatable bonds is 3. The van der Waals surface area contributed by atoms with Gasteiger partial charge >= 0.3 is 0 Å². The zero-order chi connectivity index (χ0) is 7.23. The average Bonchev–Trinajstić information content (AvgIpc) is 2.03. The Bertz CT molecular complexity index is 140. The molecule has 2 heteroatoms. The van der Waals surface area contributed by atoms with Crippen LogP contribution in [0.15, 0.2) is 24.3 Å². The van der Waals surface area contributed by atoms with Crippen molar-refractivity contribution in [1.29, 1.82) is 0 Å². The van der Waals surface area contributed by atoms with Crippen molar-refractivity contribution in [2.75, 3.05) is 12.5 Å². The van der Waals surface area contributed by atoms with E-state index in [1.54, 1.807) is 0 Å². The van der Waals surface area contributed by atoms with Crippen molar-refractivity contribution in [1.82, 2.24) is 0 Å². The van der Waals surface area contributed by atoms with Crippen molar-refractivity contribution in [3.05, 3.63) is 24.3 Å². The normalized spacial score (nSPS) is 23.5. The lowest BCUT2D eigenvalue weighted by Gasteiger charge is -2.12. The molecule has 0 spiro atoms. The number of alkyl halides is 1. The van der Waals surface area contributed by atoms with Gasteiger partial charge in [-0.25, -0.2) is 0 Å². The molecular weight excluding hydrogens is 148 g/mol. The molecular formula is C8H11ClO. The second kappa shape index (κ2) is 4.53. The highest BCUT2D eigenvalue weighted by Crippen LogP contribution is 2.06. The van der Waals surface area contributed by atoms with Crippen LogP contribution in [-0.4, -0.2) is 18.6 Å². The van der Waals surface area contributed by atoms with Crippen LogP contribution in [0.1, 0.15) is 6.42 Å².